The number of rotatable bonds is 4. The number of aromatic nitrogens is 2. The molecule has 1 atom stereocenters. The van der Waals surface area contributed by atoms with Crippen LogP contribution in [0.3, 0.4) is 0 Å². The zero-order valence-corrected chi connectivity index (χ0v) is 14.8. The van der Waals surface area contributed by atoms with Crippen molar-refractivity contribution in [2.24, 2.45) is 5.73 Å². The lowest BCUT2D eigenvalue weighted by molar-refractivity contribution is 0.374. The Labute approximate surface area is 156 Å². The molecule has 0 saturated carbocycles. The first-order valence-corrected chi connectivity index (χ1v) is 8.55. The second-order valence-electron chi connectivity index (χ2n) is 6.28. The molecule has 1 aliphatic rings. The minimum Gasteiger partial charge on any atom is -0.497 e. The molecule has 0 fully saturated rings. The number of nitrogens with zero attached hydrogens (tertiary/aromatic N) is 2. The van der Waals surface area contributed by atoms with E-state index in [1.54, 1.807) is 7.11 Å². The average Bonchev–Trinajstić information content (AvgIpc) is 3.13. The smallest absolute Gasteiger partial charge is 0.244 e. The maximum Gasteiger partial charge on any atom is 0.244 e. The Morgan fingerprint density at radius 3 is 2.59 bits per heavy atom. The highest BCUT2D eigenvalue weighted by Gasteiger charge is 2.34. The third-order valence-corrected chi connectivity index (χ3v) is 4.72. The Bertz CT molecular complexity index is 1030. The number of allylic oxidation sites excluding steroid dienone is 1. The predicted molar refractivity (Wildman–Crippen MR) is 101 cm³/mol. The highest BCUT2D eigenvalue weighted by molar-refractivity contribution is 5.69. The fourth-order valence-corrected chi connectivity index (χ4v) is 3.37. The van der Waals surface area contributed by atoms with Crippen LogP contribution in [-0.4, -0.2) is 17.3 Å². The lowest BCUT2D eigenvalue weighted by Gasteiger charge is -2.24. The number of nitrogens with two attached hydrogens (primary N) is 1. The molecule has 2 heterocycles. The lowest BCUT2D eigenvalue weighted by Crippen LogP contribution is -2.21. The Morgan fingerprint density at radius 2 is 1.93 bits per heavy atom. The van der Waals surface area contributed by atoms with Crippen molar-refractivity contribution in [2.45, 2.75) is 12.3 Å². The van der Waals surface area contributed by atoms with Crippen molar-refractivity contribution in [2.75, 3.05) is 7.11 Å². The zero-order valence-electron chi connectivity index (χ0n) is 14.8. The predicted octanol–water partition coefficient (Wildman–Crippen LogP) is 3.50. The molecule has 3 N–H and O–H groups in total. The number of methoxy groups -OCH3 is 1. The van der Waals surface area contributed by atoms with Crippen LogP contribution in [0.15, 0.2) is 66.1 Å². The molecule has 6 heteroatoms. The van der Waals surface area contributed by atoms with Crippen molar-refractivity contribution in [1.82, 2.24) is 10.2 Å². The van der Waals surface area contributed by atoms with Gasteiger partial charge in [0.1, 0.15) is 11.8 Å². The van der Waals surface area contributed by atoms with Crippen molar-refractivity contribution in [3.8, 4) is 29.0 Å². The second-order valence-corrected chi connectivity index (χ2v) is 6.28. The monoisotopic (exact) mass is 358 g/mol. The topological polar surface area (TPSA) is 96.9 Å². The highest BCUT2D eigenvalue weighted by Crippen LogP contribution is 2.43. The molecule has 0 aliphatic carbocycles. The van der Waals surface area contributed by atoms with E-state index in [1.165, 1.54) is 0 Å². The van der Waals surface area contributed by atoms with E-state index in [1.807, 2.05) is 54.6 Å². The van der Waals surface area contributed by atoms with Gasteiger partial charge >= 0.3 is 0 Å². The van der Waals surface area contributed by atoms with Crippen molar-refractivity contribution in [3.63, 3.8) is 0 Å². The van der Waals surface area contributed by atoms with Gasteiger partial charge in [0.05, 0.1) is 23.9 Å². The van der Waals surface area contributed by atoms with Crippen LogP contribution in [0.1, 0.15) is 17.0 Å². The number of hydrogen-bond donors (Lipinski definition) is 2. The van der Waals surface area contributed by atoms with E-state index in [0.29, 0.717) is 17.9 Å². The van der Waals surface area contributed by atoms with Crippen LogP contribution in [0.2, 0.25) is 0 Å². The van der Waals surface area contributed by atoms with E-state index >= 15 is 0 Å². The summed E-state index contributed by atoms with van der Waals surface area (Å²) in [5.74, 6) is 1.06. The van der Waals surface area contributed by atoms with Crippen molar-refractivity contribution >= 4 is 0 Å². The van der Waals surface area contributed by atoms with Crippen LogP contribution in [0.4, 0.5) is 0 Å². The first-order valence-electron chi connectivity index (χ1n) is 8.55. The van der Waals surface area contributed by atoms with Gasteiger partial charge in [-0.25, -0.2) is 0 Å². The van der Waals surface area contributed by atoms with Crippen LogP contribution in [0.25, 0.3) is 11.3 Å². The molecule has 1 unspecified atom stereocenters. The molecule has 0 bridgehead atoms. The molecular weight excluding hydrogens is 340 g/mol. The minimum absolute atomic E-state index is 0.106. The summed E-state index contributed by atoms with van der Waals surface area (Å²) in [6.07, 6.45) is 0.601. The van der Waals surface area contributed by atoms with Crippen LogP contribution in [0, 0.1) is 11.3 Å². The normalized spacial score (nSPS) is 15.6. The van der Waals surface area contributed by atoms with Gasteiger partial charge in [0.2, 0.25) is 11.8 Å². The van der Waals surface area contributed by atoms with Gasteiger partial charge in [-0.3, -0.25) is 5.10 Å². The van der Waals surface area contributed by atoms with Gasteiger partial charge in [-0.05, 0) is 29.7 Å². The summed E-state index contributed by atoms with van der Waals surface area (Å²) < 4.78 is 10.8. The molecule has 0 spiro atoms. The number of aromatic amines is 1. The molecule has 1 aliphatic heterocycles. The van der Waals surface area contributed by atoms with Gasteiger partial charge in [0.15, 0.2) is 0 Å². The number of ether oxygens (including phenoxy) is 2. The summed E-state index contributed by atoms with van der Waals surface area (Å²) in [7, 11) is 1.63. The molecule has 27 heavy (non-hydrogen) atoms. The maximum absolute atomic E-state index is 9.70. The Kier molecular flexibility index (Phi) is 4.27. The largest absolute Gasteiger partial charge is 0.497 e. The molecule has 1 aromatic heterocycles. The van der Waals surface area contributed by atoms with Gasteiger partial charge in [-0.1, -0.05) is 42.5 Å². The standard InChI is InChI=1S/C21H18N4O2/c1-26-15-9-7-13(8-10-15)11-16-17(12-22)20(23)27-21-18(16)19(24-25-21)14-5-3-2-4-6-14/h2-10,16H,11,23H2,1H3,(H,24,25). The van der Waals surface area contributed by atoms with Gasteiger partial charge in [0, 0.05) is 5.92 Å². The molecule has 3 aromatic rings. The highest BCUT2D eigenvalue weighted by atomic mass is 16.5. The van der Waals surface area contributed by atoms with Crippen LogP contribution >= 0.6 is 0 Å². The van der Waals surface area contributed by atoms with Crippen molar-refractivity contribution in [1.29, 1.82) is 5.26 Å². The Morgan fingerprint density at radius 1 is 1.19 bits per heavy atom. The van der Waals surface area contributed by atoms with E-state index in [-0.39, 0.29) is 11.8 Å². The minimum atomic E-state index is -0.249. The van der Waals surface area contributed by atoms with E-state index in [0.717, 1.165) is 28.1 Å². The fourth-order valence-electron chi connectivity index (χ4n) is 3.37. The molecule has 0 radical (unpaired) electrons. The average molecular weight is 358 g/mol. The number of nitriles is 1. The molecule has 6 nitrogen and oxygen atoms in total. The first-order chi connectivity index (χ1) is 13.2. The van der Waals surface area contributed by atoms with Crippen LogP contribution < -0.4 is 15.2 Å². The fraction of sp³-hybridized carbons (Fsp3) is 0.143. The summed E-state index contributed by atoms with van der Waals surface area (Å²) in [5.41, 5.74) is 10.1. The number of benzene rings is 2. The summed E-state index contributed by atoms with van der Waals surface area (Å²) in [4.78, 5) is 0. The molecular formula is C21H18N4O2. The quantitative estimate of drug-likeness (QED) is 0.744. The maximum atomic E-state index is 9.70. The Hall–Kier alpha value is -3.72. The third-order valence-electron chi connectivity index (χ3n) is 4.72. The van der Waals surface area contributed by atoms with Crippen molar-refractivity contribution < 1.29 is 9.47 Å². The lowest BCUT2D eigenvalue weighted by atomic mass is 9.84. The third kappa shape index (κ3) is 3.00. The number of nitrogens with one attached hydrogen (secondary N) is 1. The van der Waals surface area contributed by atoms with E-state index in [2.05, 4.69) is 16.3 Å². The van der Waals surface area contributed by atoms with Gasteiger partial charge in [-0.2, -0.15) is 5.26 Å². The van der Waals surface area contributed by atoms with E-state index in [4.69, 9.17) is 15.2 Å². The SMILES string of the molecule is COc1ccc(CC2C(C#N)=C(N)Oc3n[nH]c(-c4ccccc4)c32)cc1. The van der Waals surface area contributed by atoms with Gasteiger partial charge < -0.3 is 15.2 Å². The molecule has 0 saturated heterocycles. The van der Waals surface area contributed by atoms with Crippen LogP contribution in [0.5, 0.6) is 11.6 Å². The zero-order chi connectivity index (χ0) is 18.8. The van der Waals surface area contributed by atoms with Gasteiger partial charge in [-0.15, -0.1) is 5.10 Å². The summed E-state index contributed by atoms with van der Waals surface area (Å²) in [5, 5.41) is 17.0. The van der Waals surface area contributed by atoms with E-state index in [9.17, 15) is 5.26 Å². The molecule has 4 rings (SSSR count). The second kappa shape index (κ2) is 6.89. The Balaban J connectivity index is 1.79. The van der Waals surface area contributed by atoms with Crippen LogP contribution in [-0.2, 0) is 6.42 Å². The number of fused-ring (bicyclic) bond motifs is 1. The van der Waals surface area contributed by atoms with E-state index < -0.39 is 0 Å². The van der Waals surface area contributed by atoms with Crippen molar-refractivity contribution in [3.05, 3.63) is 77.2 Å². The summed E-state index contributed by atoms with van der Waals surface area (Å²) in [6.45, 7) is 0. The summed E-state index contributed by atoms with van der Waals surface area (Å²) >= 11 is 0. The molecule has 134 valence electrons. The number of hydrogen-bond acceptors (Lipinski definition) is 5. The summed E-state index contributed by atoms with van der Waals surface area (Å²) in [6, 6.07) is 19.9. The number of H-pyrrole nitrogens is 1. The van der Waals surface area contributed by atoms with Gasteiger partial charge in [0.25, 0.3) is 0 Å². The molecule has 0 amide bonds. The molecule has 2 aromatic carbocycles. The first kappa shape index (κ1) is 16.7.